The van der Waals surface area contributed by atoms with E-state index in [9.17, 15) is 4.79 Å². The highest BCUT2D eigenvalue weighted by atomic mass is 16.5. The van der Waals surface area contributed by atoms with E-state index in [0.29, 0.717) is 13.0 Å². The van der Waals surface area contributed by atoms with Gasteiger partial charge in [0.15, 0.2) is 5.96 Å². The summed E-state index contributed by atoms with van der Waals surface area (Å²) in [5, 5.41) is 6.74. The van der Waals surface area contributed by atoms with Gasteiger partial charge in [0.1, 0.15) is 5.75 Å². The van der Waals surface area contributed by atoms with Crippen LogP contribution in [-0.4, -0.2) is 56.1 Å². The molecule has 0 saturated carbocycles. The molecule has 1 atom stereocenters. The summed E-state index contributed by atoms with van der Waals surface area (Å²) >= 11 is 0. The minimum absolute atomic E-state index is 0.226. The van der Waals surface area contributed by atoms with Gasteiger partial charge in [0, 0.05) is 38.6 Å². The Kier molecular flexibility index (Phi) is 7.57. The lowest BCUT2D eigenvalue weighted by atomic mass is 10.1. The molecule has 0 bridgehead atoms. The number of nitrogens with zero attached hydrogens (tertiary/aromatic N) is 2. The number of amides is 1. The monoisotopic (exact) mass is 346 g/mol. The van der Waals surface area contributed by atoms with Crippen molar-refractivity contribution < 1.29 is 9.53 Å². The Morgan fingerprint density at radius 1 is 1.40 bits per heavy atom. The molecule has 6 nitrogen and oxygen atoms in total. The summed E-state index contributed by atoms with van der Waals surface area (Å²) in [6.07, 6.45) is 2.40. The first-order chi connectivity index (χ1) is 12.2. The van der Waals surface area contributed by atoms with Gasteiger partial charge in [-0.25, -0.2) is 0 Å². The van der Waals surface area contributed by atoms with Gasteiger partial charge in [-0.15, -0.1) is 0 Å². The summed E-state index contributed by atoms with van der Waals surface area (Å²) in [6.45, 7) is 7.07. The summed E-state index contributed by atoms with van der Waals surface area (Å²) < 4.78 is 5.26. The molecule has 1 aliphatic heterocycles. The quantitative estimate of drug-likeness (QED) is 0.584. The molecule has 0 spiro atoms. The highest BCUT2D eigenvalue weighted by Gasteiger charge is 2.25. The van der Waals surface area contributed by atoms with Crippen LogP contribution >= 0.6 is 0 Å². The molecule has 2 N–H and O–H groups in total. The fourth-order valence-electron chi connectivity index (χ4n) is 2.97. The molecular weight excluding hydrogens is 316 g/mol. The van der Waals surface area contributed by atoms with Gasteiger partial charge in [-0.05, 0) is 37.5 Å². The van der Waals surface area contributed by atoms with Crippen LogP contribution in [0.1, 0.15) is 32.3 Å². The first kappa shape index (κ1) is 19.1. The average molecular weight is 346 g/mol. The first-order valence-corrected chi connectivity index (χ1v) is 9.11. The predicted molar refractivity (Wildman–Crippen MR) is 101 cm³/mol. The minimum atomic E-state index is 0.226. The number of carbonyl (C=O) groups is 1. The maximum atomic E-state index is 11.8. The normalized spacial score (nSPS) is 17.5. The van der Waals surface area contributed by atoms with E-state index in [1.165, 1.54) is 5.56 Å². The molecule has 0 aromatic heterocycles. The molecule has 1 fully saturated rings. The van der Waals surface area contributed by atoms with Gasteiger partial charge >= 0.3 is 0 Å². The van der Waals surface area contributed by atoms with Crippen molar-refractivity contribution in [1.82, 2.24) is 15.5 Å². The third-order valence-electron chi connectivity index (χ3n) is 4.33. The van der Waals surface area contributed by atoms with Crippen LogP contribution in [0.15, 0.2) is 29.3 Å². The molecule has 1 unspecified atom stereocenters. The van der Waals surface area contributed by atoms with Crippen molar-refractivity contribution in [3.63, 3.8) is 0 Å². The zero-order chi connectivity index (χ0) is 18.1. The van der Waals surface area contributed by atoms with E-state index in [1.807, 2.05) is 30.0 Å². The lowest BCUT2D eigenvalue weighted by molar-refractivity contribution is -0.129. The van der Waals surface area contributed by atoms with Crippen LogP contribution in [0.3, 0.4) is 0 Å². The number of hydrogen-bond acceptors (Lipinski definition) is 3. The molecule has 25 heavy (non-hydrogen) atoms. The van der Waals surface area contributed by atoms with E-state index in [1.54, 1.807) is 7.11 Å². The number of aliphatic imine (C=N–C) groups is 1. The SMILES string of the molecule is CCNC(=NCCc1cccc(OC)c1)NC1CCN(C(=O)CC)C1. The number of likely N-dealkylation sites (tertiary alicyclic amines) is 1. The fourth-order valence-corrected chi connectivity index (χ4v) is 2.97. The van der Waals surface area contributed by atoms with Crippen molar-refractivity contribution in [3.05, 3.63) is 29.8 Å². The second-order valence-electron chi connectivity index (χ2n) is 6.19. The minimum Gasteiger partial charge on any atom is -0.497 e. The molecule has 1 aromatic carbocycles. The molecule has 2 rings (SSSR count). The van der Waals surface area contributed by atoms with Crippen LogP contribution < -0.4 is 15.4 Å². The second-order valence-corrected chi connectivity index (χ2v) is 6.19. The Hall–Kier alpha value is -2.24. The molecule has 1 aromatic rings. The number of methoxy groups -OCH3 is 1. The van der Waals surface area contributed by atoms with Gasteiger partial charge in [-0.3, -0.25) is 9.79 Å². The van der Waals surface area contributed by atoms with E-state index in [2.05, 4.69) is 28.6 Å². The molecule has 1 amide bonds. The van der Waals surface area contributed by atoms with Crippen molar-refractivity contribution in [2.75, 3.05) is 33.3 Å². The zero-order valence-corrected chi connectivity index (χ0v) is 15.5. The number of nitrogens with one attached hydrogen (secondary N) is 2. The summed E-state index contributed by atoms with van der Waals surface area (Å²) in [7, 11) is 1.68. The summed E-state index contributed by atoms with van der Waals surface area (Å²) in [4.78, 5) is 18.4. The smallest absolute Gasteiger partial charge is 0.222 e. The van der Waals surface area contributed by atoms with E-state index in [4.69, 9.17) is 4.74 Å². The fraction of sp³-hybridized carbons (Fsp3) is 0.579. The van der Waals surface area contributed by atoms with Crippen molar-refractivity contribution in [2.24, 2.45) is 4.99 Å². The Labute approximate surface area is 150 Å². The maximum Gasteiger partial charge on any atom is 0.222 e. The van der Waals surface area contributed by atoms with Crippen LogP contribution in [-0.2, 0) is 11.2 Å². The van der Waals surface area contributed by atoms with Gasteiger partial charge in [0.2, 0.25) is 5.91 Å². The average Bonchev–Trinajstić information content (AvgIpc) is 3.10. The maximum absolute atomic E-state index is 11.8. The van der Waals surface area contributed by atoms with Gasteiger partial charge in [0.05, 0.1) is 7.11 Å². The number of carbonyl (C=O) groups excluding carboxylic acids is 1. The van der Waals surface area contributed by atoms with E-state index < -0.39 is 0 Å². The van der Waals surface area contributed by atoms with Crippen LogP contribution in [0.4, 0.5) is 0 Å². The number of rotatable bonds is 7. The molecule has 1 saturated heterocycles. The Bertz CT molecular complexity index is 589. The Morgan fingerprint density at radius 3 is 2.96 bits per heavy atom. The highest BCUT2D eigenvalue weighted by Crippen LogP contribution is 2.13. The predicted octanol–water partition coefficient (Wildman–Crippen LogP) is 1.80. The van der Waals surface area contributed by atoms with Gasteiger partial charge in [-0.1, -0.05) is 19.1 Å². The largest absolute Gasteiger partial charge is 0.497 e. The van der Waals surface area contributed by atoms with Crippen molar-refractivity contribution in [3.8, 4) is 5.75 Å². The number of guanidine groups is 1. The molecule has 0 aliphatic carbocycles. The molecule has 6 heteroatoms. The van der Waals surface area contributed by atoms with E-state index >= 15 is 0 Å². The van der Waals surface area contributed by atoms with Crippen LogP contribution in [0.25, 0.3) is 0 Å². The van der Waals surface area contributed by atoms with Crippen molar-refractivity contribution in [1.29, 1.82) is 0 Å². The third-order valence-corrected chi connectivity index (χ3v) is 4.33. The summed E-state index contributed by atoms with van der Waals surface area (Å²) in [5.74, 6) is 1.92. The highest BCUT2D eigenvalue weighted by molar-refractivity contribution is 5.80. The summed E-state index contributed by atoms with van der Waals surface area (Å²) in [6, 6.07) is 8.34. The lowest BCUT2D eigenvalue weighted by Crippen LogP contribution is -2.45. The summed E-state index contributed by atoms with van der Waals surface area (Å²) in [5.41, 5.74) is 1.21. The molecular formula is C19H30N4O2. The van der Waals surface area contributed by atoms with Crippen molar-refractivity contribution >= 4 is 11.9 Å². The third kappa shape index (κ3) is 5.96. The van der Waals surface area contributed by atoms with Crippen LogP contribution in [0.2, 0.25) is 0 Å². The first-order valence-electron chi connectivity index (χ1n) is 9.11. The number of hydrogen-bond donors (Lipinski definition) is 2. The van der Waals surface area contributed by atoms with Crippen molar-refractivity contribution in [2.45, 2.75) is 39.2 Å². The van der Waals surface area contributed by atoms with Gasteiger partial charge in [-0.2, -0.15) is 0 Å². The molecule has 1 heterocycles. The van der Waals surface area contributed by atoms with Crippen LogP contribution in [0.5, 0.6) is 5.75 Å². The van der Waals surface area contributed by atoms with E-state index in [-0.39, 0.29) is 11.9 Å². The zero-order valence-electron chi connectivity index (χ0n) is 15.5. The second kappa shape index (κ2) is 9.91. The molecule has 1 aliphatic rings. The van der Waals surface area contributed by atoms with E-state index in [0.717, 1.165) is 44.2 Å². The standard InChI is InChI=1S/C19H30N4O2/c1-4-18(24)23-12-10-16(14-23)22-19(20-5-2)21-11-9-15-7-6-8-17(13-15)25-3/h6-8,13,16H,4-5,9-12,14H2,1-3H3,(H2,20,21,22). The molecule has 0 radical (unpaired) electrons. The number of ether oxygens (including phenoxy) is 1. The topological polar surface area (TPSA) is 66.0 Å². The lowest BCUT2D eigenvalue weighted by Gasteiger charge is -2.18. The van der Waals surface area contributed by atoms with Crippen LogP contribution in [0, 0.1) is 0 Å². The number of benzene rings is 1. The Morgan fingerprint density at radius 2 is 2.24 bits per heavy atom. The molecule has 138 valence electrons. The van der Waals surface area contributed by atoms with Gasteiger partial charge in [0.25, 0.3) is 0 Å². The Balaban J connectivity index is 1.87. The van der Waals surface area contributed by atoms with Gasteiger partial charge < -0.3 is 20.3 Å².